The third-order valence-corrected chi connectivity index (χ3v) is 5.09. The Kier molecular flexibility index (Phi) is 5.51. The van der Waals surface area contributed by atoms with Crippen LogP contribution in [0.4, 0.5) is 0 Å². The molecule has 3 rings (SSSR count). The zero-order chi connectivity index (χ0) is 16.9. The molecule has 2 aliphatic rings. The van der Waals surface area contributed by atoms with Gasteiger partial charge in [0.15, 0.2) is 0 Å². The van der Waals surface area contributed by atoms with Crippen LogP contribution in [0.2, 0.25) is 0 Å². The van der Waals surface area contributed by atoms with E-state index in [1.54, 1.807) is 0 Å². The highest BCUT2D eigenvalue weighted by Crippen LogP contribution is 2.31. The first-order chi connectivity index (χ1) is 11.6. The highest BCUT2D eigenvalue weighted by molar-refractivity contribution is 5.77. The largest absolute Gasteiger partial charge is 0.481 e. The molecule has 1 N–H and O–H groups in total. The Hall–Kier alpha value is -1.88. The van der Waals surface area contributed by atoms with Gasteiger partial charge in [-0.3, -0.25) is 9.59 Å². The molecule has 0 unspecified atom stereocenters. The summed E-state index contributed by atoms with van der Waals surface area (Å²) < 4.78 is 5.86. The first-order valence-corrected chi connectivity index (χ1v) is 8.86. The molecule has 1 amide bonds. The third-order valence-electron chi connectivity index (χ3n) is 5.09. The zero-order valence-corrected chi connectivity index (χ0v) is 13.9. The Balaban J connectivity index is 1.66. The van der Waals surface area contributed by atoms with Crippen LogP contribution in [0.1, 0.15) is 55.8 Å². The first kappa shape index (κ1) is 17.0. The zero-order valence-electron chi connectivity index (χ0n) is 13.9. The predicted molar refractivity (Wildman–Crippen MR) is 89.7 cm³/mol. The smallest absolute Gasteiger partial charge is 0.303 e. The van der Waals surface area contributed by atoms with E-state index < -0.39 is 5.97 Å². The van der Waals surface area contributed by atoms with Crippen LogP contribution in [0.5, 0.6) is 0 Å². The Morgan fingerprint density at radius 1 is 1.25 bits per heavy atom. The van der Waals surface area contributed by atoms with E-state index in [9.17, 15) is 9.59 Å². The molecule has 1 aromatic carbocycles. The molecule has 0 aromatic heterocycles. The molecule has 24 heavy (non-hydrogen) atoms. The highest BCUT2D eigenvalue weighted by atomic mass is 16.5. The molecule has 2 heterocycles. The second kappa shape index (κ2) is 7.79. The summed E-state index contributed by atoms with van der Waals surface area (Å²) in [6, 6.07) is 8.22. The number of carboxylic acid groups (broad SMARTS) is 1. The molecule has 1 fully saturated rings. The fourth-order valence-corrected chi connectivity index (χ4v) is 3.84. The highest BCUT2D eigenvalue weighted by Gasteiger charge is 2.30. The van der Waals surface area contributed by atoms with E-state index in [1.165, 1.54) is 5.56 Å². The molecule has 1 saturated heterocycles. The number of likely N-dealkylation sites (tertiary alicyclic amines) is 1. The lowest BCUT2D eigenvalue weighted by Gasteiger charge is -2.37. The maximum Gasteiger partial charge on any atom is 0.303 e. The number of hydrogen-bond acceptors (Lipinski definition) is 3. The average molecular weight is 331 g/mol. The number of amides is 1. The maximum atomic E-state index is 12.8. The number of carbonyl (C=O) groups excluding carboxylic acids is 1. The van der Waals surface area contributed by atoms with Crippen LogP contribution in [-0.4, -0.2) is 41.1 Å². The number of nitrogens with zero attached hydrogens (tertiary/aromatic N) is 1. The Labute approximate surface area is 142 Å². The molecule has 0 radical (unpaired) electrons. The number of carboxylic acids is 1. The second-order valence-electron chi connectivity index (χ2n) is 6.68. The van der Waals surface area contributed by atoms with Gasteiger partial charge < -0.3 is 14.7 Å². The van der Waals surface area contributed by atoms with Gasteiger partial charge in [-0.2, -0.15) is 0 Å². The summed E-state index contributed by atoms with van der Waals surface area (Å²) in [7, 11) is 0. The summed E-state index contributed by atoms with van der Waals surface area (Å²) >= 11 is 0. The fraction of sp³-hybridized carbons (Fsp3) is 0.579. The van der Waals surface area contributed by atoms with Crippen LogP contribution in [0, 0.1) is 0 Å². The van der Waals surface area contributed by atoms with Gasteiger partial charge in [-0.15, -0.1) is 0 Å². The van der Waals surface area contributed by atoms with Crippen molar-refractivity contribution >= 4 is 11.9 Å². The summed E-state index contributed by atoms with van der Waals surface area (Å²) in [6.45, 7) is 1.38. The number of aliphatic carboxylic acids is 1. The molecule has 5 nitrogen and oxygen atoms in total. The Morgan fingerprint density at radius 3 is 2.92 bits per heavy atom. The topological polar surface area (TPSA) is 66.8 Å². The van der Waals surface area contributed by atoms with Crippen LogP contribution in [0.3, 0.4) is 0 Å². The van der Waals surface area contributed by atoms with Crippen molar-refractivity contribution in [1.29, 1.82) is 0 Å². The van der Waals surface area contributed by atoms with Crippen LogP contribution in [0.15, 0.2) is 24.3 Å². The van der Waals surface area contributed by atoms with Gasteiger partial charge >= 0.3 is 5.97 Å². The first-order valence-electron chi connectivity index (χ1n) is 8.86. The molecule has 0 saturated carbocycles. The quantitative estimate of drug-likeness (QED) is 0.901. The lowest BCUT2D eigenvalue weighted by molar-refractivity contribution is -0.141. The molecule has 0 spiro atoms. The molecule has 130 valence electrons. The van der Waals surface area contributed by atoms with Gasteiger partial charge in [-0.05, 0) is 43.2 Å². The Morgan fingerprint density at radius 2 is 2.08 bits per heavy atom. The van der Waals surface area contributed by atoms with Gasteiger partial charge in [0.2, 0.25) is 5.91 Å². The van der Waals surface area contributed by atoms with E-state index in [0.717, 1.165) is 37.8 Å². The van der Waals surface area contributed by atoms with Crippen molar-refractivity contribution in [1.82, 2.24) is 4.90 Å². The molecule has 0 aliphatic carbocycles. The van der Waals surface area contributed by atoms with E-state index in [4.69, 9.17) is 9.84 Å². The van der Waals surface area contributed by atoms with Crippen molar-refractivity contribution in [3.8, 4) is 0 Å². The lowest BCUT2D eigenvalue weighted by Crippen LogP contribution is -2.44. The number of ether oxygens (including phenoxy) is 1. The van der Waals surface area contributed by atoms with E-state index in [1.807, 2.05) is 23.1 Å². The van der Waals surface area contributed by atoms with E-state index >= 15 is 0 Å². The molecule has 5 heteroatoms. The van der Waals surface area contributed by atoms with Crippen LogP contribution >= 0.6 is 0 Å². The number of piperidine rings is 1. The third kappa shape index (κ3) is 3.96. The van der Waals surface area contributed by atoms with Gasteiger partial charge in [0.25, 0.3) is 0 Å². The molecule has 2 aliphatic heterocycles. The van der Waals surface area contributed by atoms with Crippen molar-refractivity contribution in [2.75, 3.05) is 13.2 Å². The van der Waals surface area contributed by atoms with E-state index in [0.29, 0.717) is 19.4 Å². The Bertz CT molecular complexity index is 601. The van der Waals surface area contributed by atoms with Crippen molar-refractivity contribution in [2.24, 2.45) is 0 Å². The number of carbonyl (C=O) groups is 2. The molecule has 1 aromatic rings. The summed E-state index contributed by atoms with van der Waals surface area (Å²) in [4.78, 5) is 25.6. The molecular weight excluding hydrogens is 306 g/mol. The normalized spacial score (nSPS) is 23.6. The standard InChI is InChI=1S/C19H25NO4/c21-18(20-11-4-3-6-15(20)8-9-19(22)23)13-17-16-7-2-1-5-14(16)10-12-24-17/h1-2,5,7,15,17H,3-4,6,8-13H2,(H,22,23)/t15-,17-/m0/s1. The number of fused-ring (bicyclic) bond motifs is 1. The molecule has 2 atom stereocenters. The van der Waals surface area contributed by atoms with Crippen molar-refractivity contribution in [3.05, 3.63) is 35.4 Å². The minimum atomic E-state index is -0.794. The van der Waals surface area contributed by atoms with Gasteiger partial charge in [-0.1, -0.05) is 24.3 Å². The van der Waals surface area contributed by atoms with Crippen LogP contribution in [-0.2, 0) is 20.7 Å². The van der Waals surface area contributed by atoms with Gasteiger partial charge in [-0.25, -0.2) is 0 Å². The minimum Gasteiger partial charge on any atom is -0.481 e. The number of benzene rings is 1. The van der Waals surface area contributed by atoms with E-state index in [-0.39, 0.29) is 24.5 Å². The number of rotatable bonds is 5. The summed E-state index contributed by atoms with van der Waals surface area (Å²) in [5.41, 5.74) is 2.39. The van der Waals surface area contributed by atoms with Crippen molar-refractivity contribution in [2.45, 2.75) is 57.1 Å². The van der Waals surface area contributed by atoms with E-state index in [2.05, 4.69) is 6.07 Å². The summed E-state index contributed by atoms with van der Waals surface area (Å²) in [5, 5.41) is 8.92. The monoisotopic (exact) mass is 331 g/mol. The fourth-order valence-electron chi connectivity index (χ4n) is 3.84. The lowest BCUT2D eigenvalue weighted by atomic mass is 9.93. The average Bonchev–Trinajstić information content (AvgIpc) is 2.60. The second-order valence-corrected chi connectivity index (χ2v) is 6.68. The van der Waals surface area contributed by atoms with Gasteiger partial charge in [0, 0.05) is 19.0 Å². The maximum absolute atomic E-state index is 12.8. The van der Waals surface area contributed by atoms with Crippen LogP contribution in [0.25, 0.3) is 0 Å². The van der Waals surface area contributed by atoms with Gasteiger partial charge in [0.05, 0.1) is 19.1 Å². The molecule has 0 bridgehead atoms. The van der Waals surface area contributed by atoms with Crippen molar-refractivity contribution in [3.63, 3.8) is 0 Å². The minimum absolute atomic E-state index is 0.0567. The SMILES string of the molecule is O=C(O)CC[C@@H]1CCCCN1C(=O)C[C@@H]1OCCc2ccccc21. The summed E-state index contributed by atoms with van der Waals surface area (Å²) in [5.74, 6) is -0.704. The van der Waals surface area contributed by atoms with Crippen molar-refractivity contribution < 1.29 is 19.4 Å². The van der Waals surface area contributed by atoms with Crippen LogP contribution < -0.4 is 0 Å². The van der Waals surface area contributed by atoms with Gasteiger partial charge in [0.1, 0.15) is 0 Å². The predicted octanol–water partition coefficient (Wildman–Crippen LogP) is 2.94. The number of hydrogen-bond donors (Lipinski definition) is 1. The summed E-state index contributed by atoms with van der Waals surface area (Å²) in [6.07, 6.45) is 4.70. The molecular formula is C19H25NO4.